The Morgan fingerprint density at radius 3 is 2.32 bits per heavy atom. The van der Waals surface area contributed by atoms with Gasteiger partial charge in [0.05, 0.1) is 18.5 Å². The van der Waals surface area contributed by atoms with E-state index >= 15 is 0 Å². The summed E-state index contributed by atoms with van der Waals surface area (Å²) in [6.07, 6.45) is 1.51. The van der Waals surface area contributed by atoms with Crippen LogP contribution in [0.4, 0.5) is 0 Å². The van der Waals surface area contributed by atoms with Gasteiger partial charge in [0.25, 0.3) is 11.8 Å². The first-order chi connectivity index (χ1) is 11.8. The molecule has 1 heterocycles. The molecule has 0 saturated carbocycles. The van der Waals surface area contributed by atoms with Gasteiger partial charge < -0.3 is 9.73 Å². The standard InChI is InChI=1S/C19H23N3O3/c1-13(16-6-5-11-25-16)21-22-17(23)12-20-18(24)14-7-9-15(10-8-14)19(2,3)4/h5-11,21H,1,12H2,2-4H3,(H,20,24)(H,22,23). The molecule has 0 bridgehead atoms. The van der Waals surface area contributed by atoms with Gasteiger partial charge in [-0.25, -0.2) is 0 Å². The molecular formula is C19H23N3O3. The van der Waals surface area contributed by atoms with Gasteiger partial charge >= 0.3 is 0 Å². The van der Waals surface area contributed by atoms with E-state index in [-0.39, 0.29) is 17.9 Å². The van der Waals surface area contributed by atoms with Crippen LogP contribution in [-0.2, 0) is 10.2 Å². The van der Waals surface area contributed by atoms with Crippen LogP contribution < -0.4 is 16.2 Å². The van der Waals surface area contributed by atoms with Crippen molar-refractivity contribution in [2.75, 3.05) is 6.54 Å². The summed E-state index contributed by atoms with van der Waals surface area (Å²) in [5, 5.41) is 2.57. The van der Waals surface area contributed by atoms with Crippen LogP contribution in [0.2, 0.25) is 0 Å². The number of amides is 2. The lowest BCUT2D eigenvalue weighted by Gasteiger charge is -2.19. The molecule has 132 valence electrons. The second kappa shape index (κ2) is 7.70. The fraction of sp³-hybridized carbons (Fsp3) is 0.263. The Hall–Kier alpha value is -3.02. The molecule has 6 heteroatoms. The molecule has 0 unspecified atom stereocenters. The second-order valence-corrected chi connectivity index (χ2v) is 6.64. The maximum atomic E-state index is 12.1. The lowest BCUT2D eigenvalue weighted by atomic mass is 9.87. The van der Waals surface area contributed by atoms with E-state index in [0.29, 0.717) is 17.0 Å². The molecule has 0 spiro atoms. The van der Waals surface area contributed by atoms with Gasteiger partial charge in [0, 0.05) is 5.56 Å². The molecule has 0 atom stereocenters. The predicted octanol–water partition coefficient (Wildman–Crippen LogP) is 2.60. The Bertz CT molecular complexity index is 741. The van der Waals surface area contributed by atoms with E-state index in [9.17, 15) is 9.59 Å². The normalized spacial score (nSPS) is 10.8. The smallest absolute Gasteiger partial charge is 0.257 e. The molecule has 2 rings (SSSR count). The number of hydrogen-bond donors (Lipinski definition) is 3. The molecular weight excluding hydrogens is 318 g/mol. The molecule has 0 aliphatic rings. The molecule has 0 fully saturated rings. The molecule has 0 aliphatic heterocycles. The Morgan fingerprint density at radius 1 is 1.08 bits per heavy atom. The molecule has 0 saturated heterocycles. The Labute approximate surface area is 147 Å². The van der Waals surface area contributed by atoms with Gasteiger partial charge in [0.15, 0.2) is 5.76 Å². The number of rotatable bonds is 6. The summed E-state index contributed by atoms with van der Waals surface area (Å²) >= 11 is 0. The quantitative estimate of drug-likeness (QED) is 0.705. The van der Waals surface area contributed by atoms with Crippen molar-refractivity contribution in [3.05, 3.63) is 66.1 Å². The van der Waals surface area contributed by atoms with Crippen LogP contribution >= 0.6 is 0 Å². The van der Waals surface area contributed by atoms with E-state index in [4.69, 9.17) is 4.42 Å². The van der Waals surface area contributed by atoms with E-state index in [1.165, 1.54) is 6.26 Å². The van der Waals surface area contributed by atoms with E-state index in [2.05, 4.69) is 43.5 Å². The van der Waals surface area contributed by atoms with Gasteiger partial charge in [-0.3, -0.25) is 20.4 Å². The zero-order valence-corrected chi connectivity index (χ0v) is 14.7. The minimum Gasteiger partial charge on any atom is -0.463 e. The average molecular weight is 341 g/mol. The topological polar surface area (TPSA) is 83.4 Å². The summed E-state index contributed by atoms with van der Waals surface area (Å²) < 4.78 is 5.13. The van der Waals surface area contributed by atoms with Crippen LogP contribution in [-0.4, -0.2) is 18.4 Å². The van der Waals surface area contributed by atoms with Crippen molar-refractivity contribution in [3.8, 4) is 0 Å². The van der Waals surface area contributed by atoms with Crippen molar-refractivity contribution in [3.63, 3.8) is 0 Å². The van der Waals surface area contributed by atoms with E-state index in [0.717, 1.165) is 5.56 Å². The monoisotopic (exact) mass is 341 g/mol. The van der Waals surface area contributed by atoms with Crippen molar-refractivity contribution in [1.29, 1.82) is 0 Å². The van der Waals surface area contributed by atoms with Gasteiger partial charge in [-0.15, -0.1) is 0 Å². The van der Waals surface area contributed by atoms with Crippen molar-refractivity contribution < 1.29 is 14.0 Å². The van der Waals surface area contributed by atoms with Crippen LogP contribution in [0, 0.1) is 0 Å². The Morgan fingerprint density at radius 2 is 1.76 bits per heavy atom. The molecule has 1 aromatic heterocycles. The zero-order valence-electron chi connectivity index (χ0n) is 14.7. The third kappa shape index (κ3) is 5.24. The number of carbonyl (C=O) groups is 2. The fourth-order valence-electron chi connectivity index (χ4n) is 2.09. The predicted molar refractivity (Wildman–Crippen MR) is 96.5 cm³/mol. The van der Waals surface area contributed by atoms with E-state index < -0.39 is 5.91 Å². The zero-order chi connectivity index (χ0) is 18.4. The lowest BCUT2D eigenvalue weighted by molar-refractivity contribution is -0.120. The van der Waals surface area contributed by atoms with Crippen LogP contribution in [0.15, 0.2) is 53.7 Å². The number of hydrogen-bond acceptors (Lipinski definition) is 4. The molecule has 6 nitrogen and oxygen atoms in total. The van der Waals surface area contributed by atoms with Crippen LogP contribution in [0.3, 0.4) is 0 Å². The number of carbonyl (C=O) groups excluding carboxylic acids is 2. The summed E-state index contributed by atoms with van der Waals surface area (Å²) in [5.41, 5.74) is 7.17. The number of hydrazine groups is 1. The fourth-order valence-corrected chi connectivity index (χ4v) is 2.09. The molecule has 0 radical (unpaired) electrons. The summed E-state index contributed by atoms with van der Waals surface area (Å²) in [6.45, 7) is 9.90. The Balaban J connectivity index is 1.79. The SMILES string of the molecule is C=C(NNC(=O)CNC(=O)c1ccc(C(C)(C)C)cc1)c1ccco1. The third-order valence-electron chi connectivity index (χ3n) is 3.59. The van der Waals surface area contributed by atoms with Crippen LogP contribution in [0.5, 0.6) is 0 Å². The Kier molecular flexibility index (Phi) is 5.64. The highest BCUT2D eigenvalue weighted by molar-refractivity contribution is 5.96. The van der Waals surface area contributed by atoms with Gasteiger partial charge in [-0.05, 0) is 35.2 Å². The van der Waals surface area contributed by atoms with Crippen molar-refractivity contribution in [1.82, 2.24) is 16.2 Å². The van der Waals surface area contributed by atoms with Crippen molar-refractivity contribution in [2.45, 2.75) is 26.2 Å². The first-order valence-corrected chi connectivity index (χ1v) is 7.94. The van der Waals surface area contributed by atoms with Crippen molar-refractivity contribution >= 4 is 17.5 Å². The summed E-state index contributed by atoms with van der Waals surface area (Å²) in [4.78, 5) is 23.9. The minimum atomic E-state index is -0.396. The van der Waals surface area contributed by atoms with Crippen molar-refractivity contribution in [2.24, 2.45) is 0 Å². The van der Waals surface area contributed by atoms with Gasteiger partial charge in [0.2, 0.25) is 0 Å². The molecule has 2 amide bonds. The summed E-state index contributed by atoms with van der Waals surface area (Å²) in [5.74, 6) is -0.184. The number of nitrogens with one attached hydrogen (secondary N) is 3. The van der Waals surface area contributed by atoms with Gasteiger partial charge in [0.1, 0.15) is 0 Å². The summed E-state index contributed by atoms with van der Waals surface area (Å²) in [6, 6.07) is 10.8. The maximum Gasteiger partial charge on any atom is 0.257 e. The molecule has 2 aromatic rings. The highest BCUT2D eigenvalue weighted by Gasteiger charge is 2.14. The molecule has 1 aromatic carbocycles. The first-order valence-electron chi connectivity index (χ1n) is 7.94. The number of benzene rings is 1. The highest BCUT2D eigenvalue weighted by atomic mass is 16.3. The highest BCUT2D eigenvalue weighted by Crippen LogP contribution is 2.22. The molecule has 25 heavy (non-hydrogen) atoms. The largest absolute Gasteiger partial charge is 0.463 e. The summed E-state index contributed by atoms with van der Waals surface area (Å²) in [7, 11) is 0. The van der Waals surface area contributed by atoms with Gasteiger partial charge in [-0.1, -0.05) is 39.5 Å². The lowest BCUT2D eigenvalue weighted by Crippen LogP contribution is -2.42. The van der Waals surface area contributed by atoms with Crippen LogP contribution in [0.25, 0.3) is 5.70 Å². The van der Waals surface area contributed by atoms with Gasteiger partial charge in [-0.2, -0.15) is 0 Å². The second-order valence-electron chi connectivity index (χ2n) is 6.64. The van der Waals surface area contributed by atoms with Crippen LogP contribution in [0.1, 0.15) is 42.5 Å². The third-order valence-corrected chi connectivity index (χ3v) is 3.59. The molecule has 0 aliphatic carbocycles. The van der Waals surface area contributed by atoms with E-state index in [1.54, 1.807) is 24.3 Å². The first kappa shape index (κ1) is 18.3. The maximum absolute atomic E-state index is 12.1. The van der Waals surface area contributed by atoms with E-state index in [1.807, 2.05) is 12.1 Å². The average Bonchev–Trinajstić information content (AvgIpc) is 3.11. The minimum absolute atomic E-state index is 0.0248. The number of furan rings is 1. The molecule has 3 N–H and O–H groups in total.